The van der Waals surface area contributed by atoms with Gasteiger partial charge in [0.05, 0.1) is 22.9 Å². The summed E-state index contributed by atoms with van der Waals surface area (Å²) >= 11 is 8.10. The number of hydrogen-bond donors (Lipinski definition) is 3. The number of thiophene rings is 1. The second-order valence-corrected chi connectivity index (χ2v) is 14.3. The predicted molar refractivity (Wildman–Crippen MR) is 178 cm³/mol. The number of ether oxygens (including phenoxy) is 1. The van der Waals surface area contributed by atoms with E-state index in [2.05, 4.69) is 10.6 Å². The van der Waals surface area contributed by atoms with Gasteiger partial charge in [-0.2, -0.15) is 0 Å². The Hall–Kier alpha value is -3.02. The number of nitrogen functional groups attached to an aromatic ring is 1. The lowest BCUT2D eigenvalue weighted by Crippen LogP contribution is -2.52. The maximum absolute atomic E-state index is 14.0. The molecule has 2 aromatic rings. The number of carbonyl (C=O) groups excluding carboxylic acids is 3. The van der Waals surface area contributed by atoms with Gasteiger partial charge in [-0.15, -0.1) is 11.3 Å². The molecule has 45 heavy (non-hydrogen) atoms. The molecule has 12 heteroatoms. The summed E-state index contributed by atoms with van der Waals surface area (Å²) in [5.41, 5.74) is 9.36. The number of hydrogen-bond acceptors (Lipinski definition) is 7. The molecule has 6 rings (SSSR count). The molecule has 0 bridgehead atoms. The van der Waals surface area contributed by atoms with E-state index in [-0.39, 0.29) is 24.4 Å². The van der Waals surface area contributed by atoms with Gasteiger partial charge in [-0.3, -0.25) is 4.79 Å². The van der Waals surface area contributed by atoms with E-state index in [0.29, 0.717) is 74.5 Å². The molecule has 10 nitrogen and oxygen atoms in total. The van der Waals surface area contributed by atoms with Crippen molar-refractivity contribution in [3.8, 4) is 0 Å². The zero-order chi connectivity index (χ0) is 31.5. The number of fused-ring (bicyclic) bond motifs is 1. The smallest absolute Gasteiger partial charge is 0.410 e. The topological polar surface area (TPSA) is 120 Å². The van der Waals surface area contributed by atoms with Crippen molar-refractivity contribution >= 4 is 52.3 Å². The lowest BCUT2D eigenvalue weighted by molar-refractivity contribution is -0.142. The number of urea groups is 1. The molecule has 0 spiro atoms. The van der Waals surface area contributed by atoms with Crippen LogP contribution in [0, 0.1) is 11.8 Å². The van der Waals surface area contributed by atoms with Crippen molar-refractivity contribution in [2.24, 2.45) is 11.8 Å². The Balaban J connectivity index is 1.10. The summed E-state index contributed by atoms with van der Waals surface area (Å²) < 4.78 is 6.06. The first-order valence-electron chi connectivity index (χ1n) is 16.5. The number of carbonyl (C=O) groups is 3. The van der Waals surface area contributed by atoms with Crippen LogP contribution in [0.25, 0.3) is 0 Å². The van der Waals surface area contributed by atoms with Crippen molar-refractivity contribution in [1.82, 2.24) is 20.0 Å². The van der Waals surface area contributed by atoms with Crippen LogP contribution < -0.4 is 16.4 Å². The lowest BCUT2D eigenvalue weighted by atomic mass is 9.79. The van der Waals surface area contributed by atoms with Crippen LogP contribution in [0.2, 0.25) is 5.02 Å². The van der Waals surface area contributed by atoms with Gasteiger partial charge in [-0.1, -0.05) is 24.6 Å². The van der Waals surface area contributed by atoms with Gasteiger partial charge in [-0.25, -0.2) is 9.59 Å². The molecule has 3 saturated heterocycles. The monoisotopic (exact) mass is 656 g/mol. The largest absolute Gasteiger partial charge is 0.436 e. The third-order valence-corrected chi connectivity index (χ3v) is 11.4. The number of benzene rings is 1. The molecule has 0 radical (unpaired) electrons. The second kappa shape index (κ2) is 14.2. The van der Waals surface area contributed by atoms with Gasteiger partial charge < -0.3 is 35.8 Å². The summed E-state index contributed by atoms with van der Waals surface area (Å²) in [4.78, 5) is 46.9. The predicted octanol–water partition coefficient (Wildman–Crippen LogP) is 5.34. The minimum atomic E-state index is -0.958. The van der Waals surface area contributed by atoms with E-state index < -0.39 is 12.2 Å². The molecule has 244 valence electrons. The minimum Gasteiger partial charge on any atom is -0.436 e. The fourth-order valence-electron chi connectivity index (χ4n) is 7.49. The van der Waals surface area contributed by atoms with Crippen LogP contribution in [0.3, 0.4) is 0 Å². The number of rotatable bonds is 7. The van der Waals surface area contributed by atoms with Gasteiger partial charge in [0, 0.05) is 43.5 Å². The summed E-state index contributed by atoms with van der Waals surface area (Å²) in [6, 6.07) is 5.62. The summed E-state index contributed by atoms with van der Waals surface area (Å²) in [5.74, 6) is 1.20. The average Bonchev–Trinajstić information content (AvgIpc) is 3.53. The number of halogens is 1. The van der Waals surface area contributed by atoms with Gasteiger partial charge >= 0.3 is 12.1 Å². The van der Waals surface area contributed by atoms with E-state index in [0.717, 1.165) is 47.6 Å². The molecular weight excluding hydrogens is 612 g/mol. The fourth-order valence-corrected chi connectivity index (χ4v) is 8.58. The second-order valence-electron chi connectivity index (χ2n) is 12.9. The van der Waals surface area contributed by atoms with Crippen molar-refractivity contribution in [1.29, 1.82) is 0 Å². The van der Waals surface area contributed by atoms with Gasteiger partial charge in [0.2, 0.25) is 0 Å². The molecule has 0 saturated carbocycles. The quantitative estimate of drug-likeness (QED) is 0.346. The van der Waals surface area contributed by atoms with Crippen LogP contribution in [0.5, 0.6) is 0 Å². The van der Waals surface area contributed by atoms with Gasteiger partial charge in [0.15, 0.2) is 6.10 Å². The number of nitrogens with two attached hydrogens (primary N) is 1. The van der Waals surface area contributed by atoms with Gasteiger partial charge in [0.25, 0.3) is 5.91 Å². The van der Waals surface area contributed by atoms with Crippen LogP contribution in [-0.2, 0) is 28.9 Å². The molecule has 4 N–H and O–H groups in total. The highest BCUT2D eigenvalue weighted by Gasteiger charge is 2.37. The Labute approximate surface area is 274 Å². The molecule has 4 amide bonds. The third-order valence-electron chi connectivity index (χ3n) is 10.2. The van der Waals surface area contributed by atoms with E-state index >= 15 is 0 Å². The zero-order valence-corrected chi connectivity index (χ0v) is 27.6. The molecule has 1 aromatic heterocycles. The Kier molecular flexibility index (Phi) is 10.1. The third kappa shape index (κ3) is 7.20. The Morgan fingerprint density at radius 1 is 1.04 bits per heavy atom. The highest BCUT2D eigenvalue weighted by atomic mass is 35.5. The number of nitrogens with zero attached hydrogens (tertiary/aromatic N) is 3. The van der Waals surface area contributed by atoms with E-state index in [4.69, 9.17) is 22.1 Å². The standard InChI is InChI=1S/C33H45ClN6O4S/c1-2-22-17-21(18-26(34)30(22)35)19-28(31(41)38-12-5-24(6-13-38)23-3-10-36-11-4-23)44-33(43)39-14-7-25(8-15-39)40-20-29-27(9-16-45-29)37-32(40)42/h9,16-18,23-25,28,36H,2-8,10-15,19-20,35H2,1H3,(H,37,42)/t28-/m1/s1. The summed E-state index contributed by atoms with van der Waals surface area (Å²) in [6.07, 6.45) is 5.16. The van der Waals surface area contributed by atoms with Crippen LogP contribution in [0.1, 0.15) is 61.5 Å². The maximum atomic E-state index is 14.0. The van der Waals surface area contributed by atoms with Crippen molar-refractivity contribution in [2.75, 3.05) is 50.3 Å². The normalized spacial score (nSPS) is 20.9. The molecule has 3 fully saturated rings. The first-order valence-corrected chi connectivity index (χ1v) is 17.7. The summed E-state index contributed by atoms with van der Waals surface area (Å²) in [7, 11) is 0. The summed E-state index contributed by atoms with van der Waals surface area (Å²) in [5, 5.41) is 8.87. The molecule has 0 unspecified atom stereocenters. The highest BCUT2D eigenvalue weighted by Crippen LogP contribution is 2.33. The SMILES string of the molecule is CCc1cc(C[C@@H](OC(=O)N2CCC(N3Cc4sccc4NC3=O)CC2)C(=O)N2CCC(C3CCNCC3)CC2)cc(Cl)c1N. The Morgan fingerprint density at radius 3 is 2.44 bits per heavy atom. The number of amides is 4. The van der Waals surface area contributed by atoms with Crippen molar-refractivity contribution < 1.29 is 19.1 Å². The molecule has 5 heterocycles. The van der Waals surface area contributed by atoms with Crippen molar-refractivity contribution in [2.45, 2.75) is 77.0 Å². The number of likely N-dealkylation sites (tertiary alicyclic amines) is 2. The van der Waals surface area contributed by atoms with E-state index in [9.17, 15) is 14.4 Å². The number of piperidine rings is 3. The van der Waals surface area contributed by atoms with Crippen LogP contribution in [0.4, 0.5) is 21.0 Å². The molecule has 1 atom stereocenters. The van der Waals surface area contributed by atoms with Crippen molar-refractivity contribution in [3.05, 3.63) is 44.6 Å². The number of aryl methyl sites for hydroxylation is 1. The highest BCUT2D eigenvalue weighted by molar-refractivity contribution is 7.10. The maximum Gasteiger partial charge on any atom is 0.410 e. The molecule has 1 aromatic carbocycles. The first kappa shape index (κ1) is 31.9. The van der Waals surface area contributed by atoms with E-state index in [1.807, 2.05) is 34.2 Å². The minimum absolute atomic E-state index is 0.0346. The Morgan fingerprint density at radius 2 is 1.73 bits per heavy atom. The van der Waals surface area contributed by atoms with Crippen LogP contribution in [-0.4, -0.2) is 84.1 Å². The molecule has 0 aliphatic carbocycles. The number of nitrogens with one attached hydrogen (secondary N) is 2. The van der Waals surface area contributed by atoms with E-state index in [1.165, 1.54) is 12.8 Å². The van der Waals surface area contributed by atoms with Crippen LogP contribution >= 0.6 is 22.9 Å². The molecular formula is C33H45ClN6O4S. The zero-order valence-electron chi connectivity index (χ0n) is 26.1. The first-order chi connectivity index (χ1) is 21.8. The van der Waals surface area contributed by atoms with E-state index in [1.54, 1.807) is 22.3 Å². The van der Waals surface area contributed by atoms with Crippen LogP contribution in [0.15, 0.2) is 23.6 Å². The molecule has 4 aliphatic rings. The Bertz CT molecular complexity index is 1380. The molecule has 4 aliphatic heterocycles. The van der Waals surface area contributed by atoms with Crippen molar-refractivity contribution in [3.63, 3.8) is 0 Å². The fraction of sp³-hybridized carbons (Fsp3) is 0.606. The number of anilines is 2. The average molecular weight is 657 g/mol. The van der Waals surface area contributed by atoms with Gasteiger partial charge in [-0.05, 0) is 98.5 Å². The van der Waals surface area contributed by atoms with Gasteiger partial charge in [0.1, 0.15) is 0 Å². The lowest BCUT2D eigenvalue weighted by Gasteiger charge is -2.40. The summed E-state index contributed by atoms with van der Waals surface area (Å²) in [6.45, 7) is 7.02.